The summed E-state index contributed by atoms with van der Waals surface area (Å²) in [4.78, 5) is 0. The molecule has 0 bridgehead atoms. The molecule has 1 aromatic carbocycles. The van der Waals surface area contributed by atoms with Crippen LogP contribution in [0.25, 0.3) is 0 Å². The van der Waals surface area contributed by atoms with Gasteiger partial charge < -0.3 is 4.74 Å². The van der Waals surface area contributed by atoms with Crippen molar-refractivity contribution in [3.63, 3.8) is 0 Å². The molecule has 1 nitrogen and oxygen atoms in total. The lowest BCUT2D eigenvalue weighted by Gasteiger charge is -2.06. The lowest BCUT2D eigenvalue weighted by molar-refractivity contribution is 0.414. The first kappa shape index (κ1) is 22.8. The van der Waals surface area contributed by atoms with Gasteiger partial charge in [-0.3, -0.25) is 0 Å². The molecule has 0 unspecified atom stereocenters. The highest BCUT2D eigenvalue weighted by molar-refractivity contribution is 6.32. The van der Waals surface area contributed by atoms with E-state index in [-0.39, 0.29) is 0 Å². The van der Waals surface area contributed by atoms with E-state index in [1.807, 2.05) is 45.9 Å². The highest BCUT2D eigenvalue weighted by Gasteiger charge is 1.98. The van der Waals surface area contributed by atoms with E-state index in [2.05, 4.69) is 32.6 Å². The van der Waals surface area contributed by atoms with Gasteiger partial charge in [-0.1, -0.05) is 70.2 Å². The van der Waals surface area contributed by atoms with Crippen LogP contribution >= 0.6 is 11.6 Å². The SMILES string of the molecule is C=C/C=C(Cl)\C(C)=C/C.CC.COc1cccc(C(C)C)c1. The van der Waals surface area contributed by atoms with Crippen LogP contribution in [0.2, 0.25) is 0 Å². The van der Waals surface area contributed by atoms with Crippen LogP contribution in [0.4, 0.5) is 0 Å². The Balaban J connectivity index is 0. The Bertz CT molecular complexity index is 470. The monoisotopic (exact) mass is 322 g/mol. The molecular weight excluding hydrogens is 292 g/mol. The van der Waals surface area contributed by atoms with Crippen LogP contribution in [0.5, 0.6) is 5.75 Å². The second-order valence-corrected chi connectivity index (χ2v) is 5.06. The molecule has 0 spiro atoms. The number of hydrogen-bond acceptors (Lipinski definition) is 1. The van der Waals surface area contributed by atoms with Gasteiger partial charge in [-0.05, 0) is 49.1 Å². The predicted octanol–water partition coefficient (Wildman–Crippen LogP) is 7.11. The maximum absolute atomic E-state index is 5.75. The molecule has 0 aliphatic heterocycles. The molecule has 0 N–H and O–H groups in total. The molecule has 0 aromatic heterocycles. The Morgan fingerprint density at radius 3 is 2.27 bits per heavy atom. The van der Waals surface area contributed by atoms with Gasteiger partial charge in [0.2, 0.25) is 0 Å². The van der Waals surface area contributed by atoms with Crippen molar-refractivity contribution in [2.75, 3.05) is 7.11 Å². The number of allylic oxidation sites excluding steroid dienone is 5. The lowest BCUT2D eigenvalue weighted by atomic mass is 10.0. The molecule has 2 heteroatoms. The van der Waals surface area contributed by atoms with E-state index in [0.29, 0.717) is 5.92 Å². The average Bonchev–Trinajstić information content (AvgIpc) is 2.56. The van der Waals surface area contributed by atoms with Crippen molar-refractivity contribution in [3.8, 4) is 5.75 Å². The minimum Gasteiger partial charge on any atom is -0.497 e. The van der Waals surface area contributed by atoms with Gasteiger partial charge in [0.25, 0.3) is 0 Å². The second kappa shape index (κ2) is 14.5. The van der Waals surface area contributed by atoms with Crippen molar-refractivity contribution in [3.05, 3.63) is 65.2 Å². The zero-order valence-electron chi connectivity index (χ0n) is 15.1. The van der Waals surface area contributed by atoms with Gasteiger partial charge >= 0.3 is 0 Å². The third-order valence-electron chi connectivity index (χ3n) is 2.83. The van der Waals surface area contributed by atoms with Crippen LogP contribution in [0, 0.1) is 0 Å². The normalized spacial score (nSPS) is 11.0. The number of ether oxygens (including phenoxy) is 1. The smallest absolute Gasteiger partial charge is 0.119 e. The highest BCUT2D eigenvalue weighted by atomic mass is 35.5. The van der Waals surface area contributed by atoms with E-state index in [9.17, 15) is 0 Å². The molecule has 0 heterocycles. The van der Waals surface area contributed by atoms with Gasteiger partial charge in [0, 0.05) is 5.03 Å². The zero-order valence-corrected chi connectivity index (χ0v) is 15.9. The van der Waals surface area contributed by atoms with E-state index in [1.165, 1.54) is 5.56 Å². The molecule has 124 valence electrons. The Kier molecular flexibility index (Phi) is 15.0. The summed E-state index contributed by atoms with van der Waals surface area (Å²) in [7, 11) is 1.69. The molecular formula is C20H31ClO. The molecule has 0 aliphatic carbocycles. The van der Waals surface area contributed by atoms with Crippen LogP contribution in [-0.2, 0) is 0 Å². The predicted molar refractivity (Wildman–Crippen MR) is 102 cm³/mol. The van der Waals surface area contributed by atoms with Crippen LogP contribution in [0.3, 0.4) is 0 Å². The first-order valence-corrected chi connectivity index (χ1v) is 8.09. The maximum Gasteiger partial charge on any atom is 0.119 e. The molecule has 0 saturated carbocycles. The fourth-order valence-corrected chi connectivity index (χ4v) is 1.57. The van der Waals surface area contributed by atoms with Gasteiger partial charge in [0.15, 0.2) is 0 Å². The van der Waals surface area contributed by atoms with E-state index in [0.717, 1.165) is 16.4 Å². The fourth-order valence-electron chi connectivity index (χ4n) is 1.37. The van der Waals surface area contributed by atoms with Crippen LogP contribution in [-0.4, -0.2) is 7.11 Å². The molecule has 0 fully saturated rings. The highest BCUT2D eigenvalue weighted by Crippen LogP contribution is 2.19. The summed E-state index contributed by atoms with van der Waals surface area (Å²) < 4.78 is 5.11. The maximum atomic E-state index is 5.75. The summed E-state index contributed by atoms with van der Waals surface area (Å²) in [5.41, 5.74) is 2.40. The third kappa shape index (κ3) is 10.3. The summed E-state index contributed by atoms with van der Waals surface area (Å²) in [5.74, 6) is 1.52. The average molecular weight is 323 g/mol. The minimum absolute atomic E-state index is 0.574. The van der Waals surface area contributed by atoms with Gasteiger partial charge in [-0.15, -0.1) is 0 Å². The topological polar surface area (TPSA) is 9.23 Å². The van der Waals surface area contributed by atoms with Gasteiger partial charge in [0.1, 0.15) is 5.75 Å². The van der Waals surface area contributed by atoms with Crippen LogP contribution < -0.4 is 4.74 Å². The first-order valence-electron chi connectivity index (χ1n) is 7.71. The summed E-state index contributed by atoms with van der Waals surface area (Å²) >= 11 is 5.75. The van der Waals surface area contributed by atoms with Crippen molar-refractivity contribution in [2.24, 2.45) is 0 Å². The van der Waals surface area contributed by atoms with Gasteiger partial charge in [-0.2, -0.15) is 0 Å². The molecule has 0 amide bonds. The number of hydrogen-bond donors (Lipinski definition) is 0. The van der Waals surface area contributed by atoms with Gasteiger partial charge in [0.05, 0.1) is 7.11 Å². The lowest BCUT2D eigenvalue weighted by Crippen LogP contribution is -1.88. The fraction of sp³-hybridized carbons (Fsp3) is 0.400. The van der Waals surface area contributed by atoms with Gasteiger partial charge in [-0.25, -0.2) is 0 Å². The number of rotatable bonds is 4. The van der Waals surface area contributed by atoms with Crippen LogP contribution in [0.15, 0.2) is 59.7 Å². The third-order valence-corrected chi connectivity index (χ3v) is 3.26. The first-order chi connectivity index (χ1) is 10.5. The molecule has 0 saturated heterocycles. The van der Waals surface area contributed by atoms with E-state index < -0.39 is 0 Å². The number of benzene rings is 1. The molecule has 1 aromatic rings. The van der Waals surface area contributed by atoms with Crippen molar-refractivity contribution >= 4 is 11.6 Å². The van der Waals surface area contributed by atoms with Crippen molar-refractivity contribution in [1.82, 2.24) is 0 Å². The van der Waals surface area contributed by atoms with E-state index in [4.69, 9.17) is 16.3 Å². The van der Waals surface area contributed by atoms with Crippen molar-refractivity contribution in [2.45, 2.75) is 47.5 Å². The Labute approximate surface area is 142 Å². The molecule has 0 aliphatic rings. The molecule has 1 rings (SSSR count). The quantitative estimate of drug-likeness (QED) is 0.537. The largest absolute Gasteiger partial charge is 0.497 e. The summed E-state index contributed by atoms with van der Waals surface area (Å²) in [5, 5.41) is 0.757. The molecule has 0 radical (unpaired) electrons. The number of methoxy groups -OCH3 is 1. The minimum atomic E-state index is 0.574. The second-order valence-electron chi connectivity index (χ2n) is 4.65. The zero-order chi connectivity index (χ0) is 17.5. The Morgan fingerprint density at radius 1 is 1.27 bits per heavy atom. The standard InChI is InChI=1S/C10H14O.C8H11Cl.C2H6/c1-8(2)9-5-4-6-10(7-9)11-3;1-4-6-8(9)7(3)5-2;1-2/h4-8H,1-3H3;4-6H,1H2,2-3H3;1-2H3/b;7-5-,8-6+;. The van der Waals surface area contributed by atoms with E-state index >= 15 is 0 Å². The molecule has 0 atom stereocenters. The van der Waals surface area contributed by atoms with E-state index in [1.54, 1.807) is 19.3 Å². The number of halogens is 1. The summed E-state index contributed by atoms with van der Waals surface area (Å²) in [6.07, 6.45) is 5.41. The Morgan fingerprint density at radius 2 is 1.86 bits per heavy atom. The van der Waals surface area contributed by atoms with Crippen molar-refractivity contribution < 1.29 is 4.74 Å². The Hall–Kier alpha value is -1.47. The summed E-state index contributed by atoms with van der Waals surface area (Å²) in [6, 6.07) is 8.18. The summed E-state index contributed by atoms with van der Waals surface area (Å²) in [6.45, 7) is 15.8. The molecule has 22 heavy (non-hydrogen) atoms. The van der Waals surface area contributed by atoms with Crippen LogP contribution in [0.1, 0.15) is 53.0 Å². The van der Waals surface area contributed by atoms with Crippen molar-refractivity contribution in [1.29, 1.82) is 0 Å².